The number of carbonyl (C=O) groups excluding carboxylic acids is 2. The minimum absolute atomic E-state index is 0.131. The molecule has 0 saturated carbocycles. The highest BCUT2D eigenvalue weighted by Gasteiger charge is 2.12. The number of halogens is 1. The van der Waals surface area contributed by atoms with Gasteiger partial charge in [0.2, 0.25) is 0 Å². The fourth-order valence-corrected chi connectivity index (χ4v) is 2.79. The molecular weight excluding hydrogens is 464 g/mol. The minimum atomic E-state index is -0.525. The molecule has 1 aromatic heterocycles. The van der Waals surface area contributed by atoms with Crippen LogP contribution in [0.1, 0.15) is 39.8 Å². The summed E-state index contributed by atoms with van der Waals surface area (Å²) in [5.74, 6) is -0.0587. The van der Waals surface area contributed by atoms with Gasteiger partial charge in [-0.2, -0.15) is 5.10 Å². The van der Waals surface area contributed by atoms with Crippen molar-refractivity contribution >= 4 is 34.0 Å². The monoisotopic (exact) mass is 482 g/mol. The topological polar surface area (TPSA) is 103 Å². The van der Waals surface area contributed by atoms with Crippen molar-refractivity contribution in [2.45, 2.75) is 13.3 Å². The quantitative estimate of drug-likeness (QED) is 0.225. The van der Waals surface area contributed by atoms with Crippen molar-refractivity contribution in [3.63, 3.8) is 0 Å². The van der Waals surface area contributed by atoms with Crippen molar-refractivity contribution < 1.29 is 19.1 Å². The molecule has 2 aromatic carbocycles. The van der Waals surface area contributed by atoms with E-state index in [0.29, 0.717) is 23.5 Å². The van der Waals surface area contributed by atoms with Crippen LogP contribution in [0.5, 0.6) is 11.5 Å². The van der Waals surface area contributed by atoms with Crippen LogP contribution < -0.4 is 14.9 Å². The molecule has 0 unspecified atom stereocenters. The van der Waals surface area contributed by atoms with Crippen molar-refractivity contribution in [3.8, 4) is 11.5 Å². The van der Waals surface area contributed by atoms with Crippen molar-refractivity contribution in [1.29, 1.82) is 0 Å². The second kappa shape index (κ2) is 11.0. The lowest BCUT2D eigenvalue weighted by Gasteiger charge is -2.09. The summed E-state index contributed by atoms with van der Waals surface area (Å²) in [7, 11) is 0. The van der Waals surface area contributed by atoms with E-state index in [1.807, 2.05) is 6.92 Å². The van der Waals surface area contributed by atoms with Crippen molar-refractivity contribution in [3.05, 3.63) is 82.3 Å². The van der Waals surface area contributed by atoms with Crippen LogP contribution in [-0.4, -0.2) is 34.7 Å². The Morgan fingerprint density at radius 3 is 2.68 bits per heavy atom. The fraction of sp³-hybridized carbons (Fsp3) is 0.136. The Balaban J connectivity index is 1.69. The van der Waals surface area contributed by atoms with Crippen LogP contribution in [0.4, 0.5) is 0 Å². The summed E-state index contributed by atoms with van der Waals surface area (Å²) in [5, 5.41) is 3.92. The summed E-state index contributed by atoms with van der Waals surface area (Å²) in [6, 6.07) is 11.8. The number of aromatic nitrogens is 2. The highest BCUT2D eigenvalue weighted by atomic mass is 79.9. The molecule has 0 aliphatic carbocycles. The van der Waals surface area contributed by atoms with Gasteiger partial charge in [-0.3, -0.25) is 9.78 Å². The molecule has 0 atom stereocenters. The molecule has 8 nitrogen and oxygen atoms in total. The number of hydrogen-bond acceptors (Lipinski definition) is 7. The van der Waals surface area contributed by atoms with Gasteiger partial charge in [0.25, 0.3) is 5.91 Å². The Morgan fingerprint density at radius 2 is 1.97 bits per heavy atom. The predicted octanol–water partition coefficient (Wildman–Crippen LogP) is 4.01. The van der Waals surface area contributed by atoms with E-state index in [0.717, 1.165) is 10.9 Å². The number of nitrogens with zero attached hydrogens (tertiary/aromatic N) is 3. The molecule has 0 fully saturated rings. The number of ether oxygens (including phenoxy) is 2. The average Bonchev–Trinajstić information content (AvgIpc) is 2.80. The molecule has 1 N–H and O–H groups in total. The number of carbonyl (C=O) groups is 2. The number of hydrogen-bond donors (Lipinski definition) is 1. The van der Waals surface area contributed by atoms with Crippen molar-refractivity contribution in [2.24, 2.45) is 5.10 Å². The minimum Gasteiger partial charge on any atom is -0.494 e. The highest BCUT2D eigenvalue weighted by Crippen LogP contribution is 2.23. The first-order valence-corrected chi connectivity index (χ1v) is 10.2. The maximum Gasteiger partial charge on any atom is 0.343 e. The number of rotatable bonds is 8. The molecule has 0 aliphatic rings. The Bertz CT molecular complexity index is 1070. The average molecular weight is 483 g/mol. The van der Waals surface area contributed by atoms with Gasteiger partial charge in [0.15, 0.2) is 0 Å². The van der Waals surface area contributed by atoms with E-state index in [4.69, 9.17) is 9.47 Å². The van der Waals surface area contributed by atoms with Gasteiger partial charge in [0.1, 0.15) is 17.2 Å². The van der Waals surface area contributed by atoms with Gasteiger partial charge in [-0.15, -0.1) is 0 Å². The standard InChI is InChI=1S/C22H19BrN4O4/c1-2-11-30-18-6-3-15(4-7-18)22(29)31-20-8-5-17(23)12-16(20)13-26-27-21(28)19-14-24-9-10-25-19/h3-10,12-14H,2,11H2,1H3,(H,27,28)/b26-13-. The largest absolute Gasteiger partial charge is 0.494 e. The predicted molar refractivity (Wildman–Crippen MR) is 118 cm³/mol. The summed E-state index contributed by atoms with van der Waals surface area (Å²) in [6.45, 7) is 2.63. The maximum atomic E-state index is 12.5. The number of amides is 1. The summed E-state index contributed by atoms with van der Waals surface area (Å²) in [5.41, 5.74) is 3.36. The summed E-state index contributed by atoms with van der Waals surface area (Å²) in [6.07, 6.45) is 6.48. The first kappa shape index (κ1) is 22.1. The molecule has 0 saturated heterocycles. The molecule has 158 valence electrons. The summed E-state index contributed by atoms with van der Waals surface area (Å²) < 4.78 is 11.8. The summed E-state index contributed by atoms with van der Waals surface area (Å²) in [4.78, 5) is 32.3. The van der Waals surface area contributed by atoms with Crippen LogP contribution in [0.2, 0.25) is 0 Å². The normalized spacial score (nSPS) is 10.6. The zero-order valence-electron chi connectivity index (χ0n) is 16.6. The molecule has 9 heteroatoms. The number of esters is 1. The van der Waals surface area contributed by atoms with E-state index in [9.17, 15) is 9.59 Å². The van der Waals surface area contributed by atoms with Crippen LogP contribution in [0.15, 0.2) is 70.6 Å². The van der Waals surface area contributed by atoms with Crippen LogP contribution in [0, 0.1) is 0 Å². The van der Waals surface area contributed by atoms with Crippen LogP contribution >= 0.6 is 15.9 Å². The van der Waals surface area contributed by atoms with Crippen molar-refractivity contribution in [2.75, 3.05) is 6.61 Å². The Morgan fingerprint density at radius 1 is 1.16 bits per heavy atom. The van der Waals surface area contributed by atoms with E-state index < -0.39 is 11.9 Å². The van der Waals surface area contributed by atoms with E-state index >= 15 is 0 Å². The SMILES string of the molecule is CCCOc1ccc(C(=O)Oc2ccc(Br)cc2/C=N\NC(=O)c2cnccn2)cc1. The van der Waals surface area contributed by atoms with Gasteiger partial charge < -0.3 is 9.47 Å². The Labute approximate surface area is 187 Å². The lowest BCUT2D eigenvalue weighted by molar-refractivity contribution is 0.0734. The van der Waals surface area contributed by atoms with Gasteiger partial charge in [-0.1, -0.05) is 22.9 Å². The lowest BCUT2D eigenvalue weighted by atomic mass is 10.2. The number of nitrogens with one attached hydrogen (secondary N) is 1. The zero-order valence-corrected chi connectivity index (χ0v) is 18.2. The van der Waals surface area contributed by atoms with Crippen LogP contribution in [0.3, 0.4) is 0 Å². The molecule has 31 heavy (non-hydrogen) atoms. The summed E-state index contributed by atoms with van der Waals surface area (Å²) >= 11 is 3.37. The van der Waals surface area contributed by atoms with E-state index in [1.165, 1.54) is 24.8 Å². The number of hydrazone groups is 1. The second-order valence-electron chi connectivity index (χ2n) is 6.23. The lowest BCUT2D eigenvalue weighted by Crippen LogP contribution is -2.19. The Hall–Kier alpha value is -3.59. The third-order valence-corrected chi connectivity index (χ3v) is 4.40. The van der Waals surface area contributed by atoms with Gasteiger partial charge in [-0.25, -0.2) is 15.2 Å². The van der Waals surface area contributed by atoms with E-state index in [1.54, 1.807) is 42.5 Å². The van der Waals surface area contributed by atoms with Crippen molar-refractivity contribution in [1.82, 2.24) is 15.4 Å². The van der Waals surface area contributed by atoms with Gasteiger partial charge in [0, 0.05) is 22.4 Å². The molecule has 3 aromatic rings. The van der Waals surface area contributed by atoms with Gasteiger partial charge in [-0.05, 0) is 48.9 Å². The molecule has 1 amide bonds. The molecule has 0 bridgehead atoms. The van der Waals surface area contributed by atoms with Crippen LogP contribution in [0.25, 0.3) is 0 Å². The third-order valence-electron chi connectivity index (χ3n) is 3.90. The number of benzene rings is 2. The third kappa shape index (κ3) is 6.45. The van der Waals surface area contributed by atoms with Gasteiger partial charge in [0.05, 0.1) is 24.6 Å². The molecule has 0 radical (unpaired) electrons. The molecule has 0 aliphatic heterocycles. The second-order valence-corrected chi connectivity index (χ2v) is 7.15. The smallest absolute Gasteiger partial charge is 0.343 e. The highest BCUT2D eigenvalue weighted by molar-refractivity contribution is 9.10. The zero-order chi connectivity index (χ0) is 22.1. The first-order valence-electron chi connectivity index (χ1n) is 9.41. The van der Waals surface area contributed by atoms with E-state index in [2.05, 4.69) is 36.4 Å². The fourth-order valence-electron chi connectivity index (χ4n) is 2.41. The Kier molecular flexibility index (Phi) is 7.83. The van der Waals surface area contributed by atoms with E-state index in [-0.39, 0.29) is 11.4 Å². The molecule has 3 rings (SSSR count). The maximum absolute atomic E-state index is 12.5. The van der Waals surface area contributed by atoms with Crippen LogP contribution in [-0.2, 0) is 0 Å². The molecular formula is C22H19BrN4O4. The molecule has 1 heterocycles. The first-order chi connectivity index (χ1) is 15.1. The molecule has 0 spiro atoms. The van der Waals surface area contributed by atoms with Gasteiger partial charge >= 0.3 is 5.97 Å².